The molecule has 1 aromatic carbocycles. The average molecular weight is 450 g/mol. The van der Waals surface area contributed by atoms with Crippen molar-refractivity contribution in [1.82, 2.24) is 24.7 Å². The lowest BCUT2D eigenvalue weighted by Gasteiger charge is -2.29. The number of hydrogen-bond donors (Lipinski definition) is 1. The van der Waals surface area contributed by atoms with Gasteiger partial charge in [0.25, 0.3) is 0 Å². The molecule has 2 atom stereocenters. The Balaban J connectivity index is 1.74. The molecule has 0 bridgehead atoms. The maximum Gasteiger partial charge on any atom is 0.337 e. The smallest absolute Gasteiger partial charge is 0.337 e. The zero-order chi connectivity index (χ0) is 22.7. The number of likely N-dealkylation sites (N-methyl/N-ethyl adjacent to an activating group) is 1. The second-order valence-electron chi connectivity index (χ2n) is 7.96. The van der Waals surface area contributed by atoms with E-state index in [0.29, 0.717) is 5.56 Å². The summed E-state index contributed by atoms with van der Waals surface area (Å²) in [7, 11) is 5.50. The van der Waals surface area contributed by atoms with Gasteiger partial charge in [0, 0.05) is 36.9 Å². The fourth-order valence-corrected chi connectivity index (χ4v) is 4.35. The number of aromatic nitrogens is 2. The number of ether oxygens (including phenoxy) is 1. The monoisotopic (exact) mass is 449 g/mol. The standard InChI is InChI=1S/C24H27N5O2S/c1-27(2)15-16-29-22(21(26-24(29)32)19-7-4-5-13-25-19)20-8-6-14-28(20)18-11-9-17(10-12-18)23(30)31-3/h4-14,21-22H,15-16H2,1-3H3,(H,26,32)/t21-,22+/m0/s1. The summed E-state index contributed by atoms with van der Waals surface area (Å²) in [6.45, 7) is 1.67. The SMILES string of the molecule is COC(=O)c1ccc(-n2cccc2[C@@H]2[C@H](c3ccccn3)NC(=S)N2CCN(C)C)cc1. The van der Waals surface area contributed by atoms with Crippen LogP contribution in [0.3, 0.4) is 0 Å². The van der Waals surface area contributed by atoms with Gasteiger partial charge in [-0.1, -0.05) is 6.07 Å². The molecule has 32 heavy (non-hydrogen) atoms. The van der Waals surface area contributed by atoms with Crippen molar-refractivity contribution in [3.05, 3.63) is 83.9 Å². The Kier molecular flexibility index (Phi) is 6.53. The molecule has 8 heteroatoms. The van der Waals surface area contributed by atoms with E-state index >= 15 is 0 Å². The molecule has 3 aromatic rings. The number of hydrogen-bond acceptors (Lipinski definition) is 5. The number of rotatable bonds is 7. The molecule has 0 aliphatic carbocycles. The largest absolute Gasteiger partial charge is 0.465 e. The Morgan fingerprint density at radius 1 is 1.16 bits per heavy atom. The molecule has 4 rings (SSSR count). The fraction of sp³-hybridized carbons (Fsp3) is 0.292. The van der Waals surface area contributed by atoms with Crippen LogP contribution in [0.5, 0.6) is 0 Å². The number of esters is 1. The first-order chi connectivity index (χ1) is 15.5. The normalized spacial score (nSPS) is 18.1. The third-order valence-corrected chi connectivity index (χ3v) is 5.99. The predicted molar refractivity (Wildman–Crippen MR) is 128 cm³/mol. The summed E-state index contributed by atoms with van der Waals surface area (Å²) in [5.74, 6) is -0.348. The Morgan fingerprint density at radius 3 is 2.59 bits per heavy atom. The first-order valence-corrected chi connectivity index (χ1v) is 10.9. The van der Waals surface area contributed by atoms with Crippen LogP contribution >= 0.6 is 12.2 Å². The number of benzene rings is 1. The van der Waals surface area contributed by atoms with Crippen LogP contribution in [0.2, 0.25) is 0 Å². The van der Waals surface area contributed by atoms with Crippen molar-refractivity contribution in [2.24, 2.45) is 0 Å². The molecule has 166 valence electrons. The van der Waals surface area contributed by atoms with Crippen LogP contribution in [0, 0.1) is 0 Å². The van der Waals surface area contributed by atoms with Crippen molar-refractivity contribution in [1.29, 1.82) is 0 Å². The first kappa shape index (κ1) is 22.0. The maximum atomic E-state index is 11.8. The van der Waals surface area contributed by atoms with E-state index in [0.717, 1.165) is 35.3 Å². The topological polar surface area (TPSA) is 62.6 Å². The number of pyridine rings is 1. The summed E-state index contributed by atoms with van der Waals surface area (Å²) in [5, 5.41) is 4.22. The zero-order valence-electron chi connectivity index (χ0n) is 18.4. The van der Waals surface area contributed by atoms with E-state index in [1.54, 1.807) is 12.1 Å². The van der Waals surface area contributed by atoms with Gasteiger partial charge in [0.05, 0.1) is 30.5 Å². The Morgan fingerprint density at radius 2 is 1.94 bits per heavy atom. The van der Waals surface area contributed by atoms with Gasteiger partial charge in [-0.2, -0.15) is 0 Å². The summed E-state index contributed by atoms with van der Waals surface area (Å²) in [5.41, 5.74) is 3.52. The van der Waals surface area contributed by atoms with E-state index in [9.17, 15) is 4.79 Å². The van der Waals surface area contributed by atoms with E-state index < -0.39 is 0 Å². The lowest BCUT2D eigenvalue weighted by atomic mass is 10.0. The molecule has 0 radical (unpaired) electrons. The second-order valence-corrected chi connectivity index (χ2v) is 8.35. The van der Waals surface area contributed by atoms with Crippen molar-refractivity contribution in [2.45, 2.75) is 12.1 Å². The number of thiocarbonyl (C=S) groups is 1. The fourth-order valence-electron chi connectivity index (χ4n) is 4.02. The van der Waals surface area contributed by atoms with Crippen LogP contribution in [-0.2, 0) is 4.74 Å². The van der Waals surface area contributed by atoms with E-state index in [1.165, 1.54) is 7.11 Å². The quantitative estimate of drug-likeness (QED) is 0.439. The number of carbonyl (C=O) groups excluding carboxylic acids is 1. The van der Waals surface area contributed by atoms with Crippen molar-refractivity contribution in [3.63, 3.8) is 0 Å². The molecule has 7 nitrogen and oxygen atoms in total. The molecule has 0 spiro atoms. The molecule has 1 aliphatic rings. The highest BCUT2D eigenvalue weighted by molar-refractivity contribution is 7.80. The van der Waals surface area contributed by atoms with Crippen LogP contribution in [0.25, 0.3) is 5.69 Å². The molecular formula is C24H27N5O2S. The second kappa shape index (κ2) is 9.50. The van der Waals surface area contributed by atoms with Crippen LogP contribution in [0.1, 0.15) is 33.8 Å². The minimum Gasteiger partial charge on any atom is -0.465 e. The molecule has 2 aromatic heterocycles. The molecule has 0 unspecified atom stereocenters. The number of methoxy groups -OCH3 is 1. The van der Waals surface area contributed by atoms with Gasteiger partial charge in [0.1, 0.15) is 0 Å². The molecule has 0 amide bonds. The minimum atomic E-state index is -0.348. The first-order valence-electron chi connectivity index (χ1n) is 10.5. The Labute approximate surface area is 193 Å². The van der Waals surface area contributed by atoms with Crippen LogP contribution in [-0.4, -0.2) is 64.7 Å². The summed E-state index contributed by atoms with van der Waals surface area (Å²) in [6, 6.07) is 17.4. The van der Waals surface area contributed by atoms with Gasteiger partial charge in [-0.25, -0.2) is 4.79 Å². The van der Waals surface area contributed by atoms with Gasteiger partial charge in [-0.15, -0.1) is 0 Å². The van der Waals surface area contributed by atoms with Crippen molar-refractivity contribution in [2.75, 3.05) is 34.3 Å². The highest BCUT2D eigenvalue weighted by atomic mass is 32.1. The molecular weight excluding hydrogens is 422 g/mol. The van der Waals surface area contributed by atoms with Gasteiger partial charge < -0.3 is 24.4 Å². The third-order valence-electron chi connectivity index (χ3n) is 5.64. The number of nitrogens with zero attached hydrogens (tertiary/aromatic N) is 4. The maximum absolute atomic E-state index is 11.8. The van der Waals surface area contributed by atoms with E-state index in [4.69, 9.17) is 17.0 Å². The van der Waals surface area contributed by atoms with Gasteiger partial charge >= 0.3 is 5.97 Å². The van der Waals surface area contributed by atoms with Crippen LogP contribution < -0.4 is 5.32 Å². The molecule has 1 aliphatic heterocycles. The van der Waals surface area contributed by atoms with Crippen molar-refractivity contribution < 1.29 is 9.53 Å². The average Bonchev–Trinajstić information content (AvgIpc) is 3.42. The van der Waals surface area contributed by atoms with Crippen LogP contribution in [0.15, 0.2) is 67.0 Å². The summed E-state index contributed by atoms with van der Waals surface area (Å²) < 4.78 is 6.96. The van der Waals surface area contributed by atoms with Gasteiger partial charge in [0.15, 0.2) is 5.11 Å². The molecule has 1 N–H and O–H groups in total. The van der Waals surface area contributed by atoms with E-state index in [1.807, 2.05) is 48.8 Å². The highest BCUT2D eigenvalue weighted by Crippen LogP contribution is 2.39. The molecule has 0 saturated carbocycles. The molecule has 3 heterocycles. The minimum absolute atomic E-state index is 0.0346. The third kappa shape index (κ3) is 4.37. The predicted octanol–water partition coefficient (Wildman–Crippen LogP) is 3.19. The summed E-state index contributed by atoms with van der Waals surface area (Å²) in [6.07, 6.45) is 3.84. The van der Waals surface area contributed by atoms with Crippen molar-refractivity contribution in [3.8, 4) is 5.69 Å². The molecule has 1 saturated heterocycles. The Bertz CT molecular complexity index is 1080. The lowest BCUT2D eigenvalue weighted by Crippen LogP contribution is -2.36. The number of carbonyl (C=O) groups is 1. The number of nitrogens with one attached hydrogen (secondary N) is 1. The molecule has 1 fully saturated rings. The van der Waals surface area contributed by atoms with Gasteiger partial charge in [0.2, 0.25) is 0 Å². The summed E-state index contributed by atoms with van der Waals surface area (Å²) >= 11 is 5.75. The van der Waals surface area contributed by atoms with Gasteiger partial charge in [-0.05, 0) is 74.8 Å². The highest BCUT2D eigenvalue weighted by Gasteiger charge is 2.41. The van der Waals surface area contributed by atoms with Crippen molar-refractivity contribution >= 4 is 23.3 Å². The van der Waals surface area contributed by atoms with Crippen LogP contribution in [0.4, 0.5) is 0 Å². The summed E-state index contributed by atoms with van der Waals surface area (Å²) in [4.78, 5) is 20.8. The lowest BCUT2D eigenvalue weighted by molar-refractivity contribution is 0.0600. The van der Waals surface area contributed by atoms with E-state index in [-0.39, 0.29) is 18.1 Å². The zero-order valence-corrected chi connectivity index (χ0v) is 19.2. The van der Waals surface area contributed by atoms with Gasteiger partial charge in [-0.3, -0.25) is 4.98 Å². The Hall–Kier alpha value is -3.23. The van der Waals surface area contributed by atoms with E-state index in [2.05, 4.69) is 44.8 Å².